The maximum absolute atomic E-state index is 11.4. The number of halogens is 1. The molecule has 0 bridgehead atoms. The average molecular weight is 202 g/mol. The monoisotopic (exact) mass is 201 g/mol. The van der Waals surface area contributed by atoms with Crippen LogP contribution >= 0.6 is 11.6 Å². The molecule has 0 atom stereocenters. The first-order chi connectivity index (χ1) is 6.16. The van der Waals surface area contributed by atoms with Crippen molar-refractivity contribution in [2.24, 2.45) is 0 Å². The highest BCUT2D eigenvalue weighted by molar-refractivity contribution is 6.64. The number of nitrogens with zero attached hydrogens (tertiary/aromatic N) is 1. The summed E-state index contributed by atoms with van der Waals surface area (Å²) in [6.45, 7) is 1.88. The summed E-state index contributed by atoms with van der Waals surface area (Å²) in [5.74, 6) is -0.414. The van der Waals surface area contributed by atoms with Crippen molar-refractivity contribution in [3.63, 3.8) is 0 Å². The van der Waals surface area contributed by atoms with Crippen molar-refractivity contribution in [3.05, 3.63) is 24.2 Å². The molecule has 1 aromatic heterocycles. The summed E-state index contributed by atoms with van der Waals surface area (Å²) in [6, 6.07) is 3.05. The molecule has 2 amide bonds. The third kappa shape index (κ3) is 2.09. The minimum atomic E-state index is -0.802. The number of carbonyl (C=O) groups excluding carboxylic acids is 2. The molecule has 0 saturated heterocycles. The number of furan rings is 1. The third-order valence-corrected chi connectivity index (χ3v) is 1.71. The second-order valence-electron chi connectivity index (χ2n) is 2.28. The summed E-state index contributed by atoms with van der Waals surface area (Å²) in [5, 5.41) is -0.802. The van der Waals surface area contributed by atoms with E-state index in [0.717, 1.165) is 4.90 Å². The smallest absolute Gasteiger partial charge is 0.323 e. The highest BCUT2D eigenvalue weighted by atomic mass is 35.5. The van der Waals surface area contributed by atoms with Crippen LogP contribution in [0.2, 0.25) is 0 Å². The van der Waals surface area contributed by atoms with Crippen LogP contribution in [0.4, 0.5) is 4.79 Å². The SMILES string of the molecule is CCN(C(=O)Cl)C(=O)c1ccco1. The Hall–Kier alpha value is -1.29. The number of hydrogen-bond donors (Lipinski definition) is 0. The molecule has 0 aromatic carbocycles. The fourth-order valence-corrected chi connectivity index (χ4v) is 1.08. The van der Waals surface area contributed by atoms with Crippen LogP contribution in [-0.2, 0) is 0 Å². The molecule has 1 aromatic rings. The van der Waals surface area contributed by atoms with E-state index in [1.807, 2.05) is 0 Å². The molecule has 4 nitrogen and oxygen atoms in total. The van der Waals surface area contributed by atoms with E-state index in [1.165, 1.54) is 12.3 Å². The van der Waals surface area contributed by atoms with Gasteiger partial charge in [0.15, 0.2) is 5.76 Å². The first-order valence-corrected chi connectivity index (χ1v) is 4.09. The molecule has 0 radical (unpaired) electrons. The van der Waals surface area contributed by atoms with Gasteiger partial charge in [0.1, 0.15) is 0 Å². The van der Waals surface area contributed by atoms with E-state index in [0.29, 0.717) is 0 Å². The number of hydrogen-bond acceptors (Lipinski definition) is 3. The summed E-state index contributed by atoms with van der Waals surface area (Å²) in [4.78, 5) is 23.0. The second-order valence-corrected chi connectivity index (χ2v) is 2.60. The molecule has 1 heterocycles. The minimum absolute atomic E-state index is 0.107. The maximum atomic E-state index is 11.4. The molecule has 0 N–H and O–H groups in total. The van der Waals surface area contributed by atoms with Crippen LogP contribution in [0.5, 0.6) is 0 Å². The van der Waals surface area contributed by atoms with Crippen molar-refractivity contribution in [1.29, 1.82) is 0 Å². The van der Waals surface area contributed by atoms with Crippen molar-refractivity contribution in [3.8, 4) is 0 Å². The van der Waals surface area contributed by atoms with Crippen LogP contribution in [0.3, 0.4) is 0 Å². The standard InChI is InChI=1S/C8H8ClNO3/c1-2-10(8(9)12)7(11)6-4-3-5-13-6/h3-5H,2H2,1H3. The fourth-order valence-electron chi connectivity index (χ4n) is 0.881. The van der Waals surface area contributed by atoms with E-state index in [4.69, 9.17) is 16.0 Å². The van der Waals surface area contributed by atoms with Crippen molar-refractivity contribution in [2.45, 2.75) is 6.92 Å². The normalized spacial score (nSPS) is 9.69. The molecule has 0 fully saturated rings. The molecule has 70 valence electrons. The fraction of sp³-hybridized carbons (Fsp3) is 0.250. The first-order valence-electron chi connectivity index (χ1n) is 3.71. The Labute approximate surface area is 80.1 Å². The Balaban J connectivity index is 2.83. The Kier molecular flexibility index (Phi) is 3.08. The first kappa shape index (κ1) is 9.80. The van der Waals surface area contributed by atoms with Gasteiger partial charge in [-0.2, -0.15) is 0 Å². The van der Waals surface area contributed by atoms with Gasteiger partial charge < -0.3 is 4.42 Å². The molecule has 0 saturated carbocycles. The summed E-state index contributed by atoms with van der Waals surface area (Å²) >= 11 is 5.18. The van der Waals surface area contributed by atoms with E-state index in [9.17, 15) is 9.59 Å². The third-order valence-electron chi connectivity index (χ3n) is 1.51. The number of carbonyl (C=O) groups is 2. The summed E-state index contributed by atoms with van der Waals surface area (Å²) in [7, 11) is 0. The molecule has 5 heteroatoms. The van der Waals surface area contributed by atoms with E-state index in [2.05, 4.69) is 0 Å². The van der Waals surface area contributed by atoms with E-state index >= 15 is 0 Å². The zero-order valence-electron chi connectivity index (χ0n) is 6.99. The summed E-state index contributed by atoms with van der Waals surface area (Å²) in [5.41, 5.74) is 0. The second kappa shape index (κ2) is 4.09. The number of amides is 2. The summed E-state index contributed by atoms with van der Waals surface area (Å²) < 4.78 is 4.83. The van der Waals surface area contributed by atoms with Crippen molar-refractivity contribution in [1.82, 2.24) is 4.90 Å². The van der Waals surface area contributed by atoms with Crippen LogP contribution in [0.15, 0.2) is 22.8 Å². The van der Waals surface area contributed by atoms with Crippen LogP contribution in [-0.4, -0.2) is 22.7 Å². The molecule has 0 aliphatic carbocycles. The van der Waals surface area contributed by atoms with Gasteiger partial charge in [0.2, 0.25) is 0 Å². The van der Waals surface area contributed by atoms with Crippen molar-refractivity contribution in [2.75, 3.05) is 6.54 Å². The molecule has 0 aliphatic rings. The molecule has 0 unspecified atom stereocenters. The van der Waals surface area contributed by atoms with Gasteiger partial charge in [-0.15, -0.1) is 0 Å². The van der Waals surface area contributed by atoms with Crippen molar-refractivity contribution < 1.29 is 14.0 Å². The van der Waals surface area contributed by atoms with Crippen LogP contribution in [0.25, 0.3) is 0 Å². The van der Waals surface area contributed by atoms with Gasteiger partial charge >= 0.3 is 5.37 Å². The predicted octanol–water partition coefficient (Wildman–Crippen LogP) is 2.10. The molecule has 0 spiro atoms. The lowest BCUT2D eigenvalue weighted by molar-refractivity contribution is 0.0795. The Bertz CT molecular complexity index is 307. The quantitative estimate of drug-likeness (QED) is 0.544. The molecule has 13 heavy (non-hydrogen) atoms. The number of rotatable bonds is 2. The maximum Gasteiger partial charge on any atom is 0.323 e. The van der Waals surface area contributed by atoms with Gasteiger partial charge in [0, 0.05) is 6.54 Å². The topological polar surface area (TPSA) is 50.5 Å². The lowest BCUT2D eigenvalue weighted by Crippen LogP contribution is -2.32. The summed E-state index contributed by atoms with van der Waals surface area (Å²) in [6.07, 6.45) is 1.36. The van der Waals surface area contributed by atoms with E-state index in [1.54, 1.807) is 13.0 Å². The van der Waals surface area contributed by atoms with Gasteiger partial charge in [0.05, 0.1) is 6.26 Å². The molecular formula is C8H8ClNO3. The van der Waals surface area contributed by atoms with Gasteiger partial charge in [0.25, 0.3) is 5.91 Å². The van der Waals surface area contributed by atoms with E-state index < -0.39 is 11.3 Å². The molecular weight excluding hydrogens is 194 g/mol. The van der Waals surface area contributed by atoms with Crippen molar-refractivity contribution >= 4 is 22.9 Å². The zero-order valence-corrected chi connectivity index (χ0v) is 7.75. The van der Waals surface area contributed by atoms with Gasteiger partial charge in [-0.05, 0) is 30.7 Å². The van der Waals surface area contributed by atoms with Crippen LogP contribution in [0, 0.1) is 0 Å². The Morgan fingerprint density at radius 3 is 2.69 bits per heavy atom. The van der Waals surface area contributed by atoms with Gasteiger partial charge in [-0.3, -0.25) is 14.5 Å². The largest absolute Gasteiger partial charge is 0.459 e. The molecule has 1 rings (SSSR count). The number of imide groups is 1. The van der Waals surface area contributed by atoms with E-state index in [-0.39, 0.29) is 12.3 Å². The lowest BCUT2D eigenvalue weighted by Gasteiger charge is -2.12. The highest BCUT2D eigenvalue weighted by Crippen LogP contribution is 2.07. The minimum Gasteiger partial charge on any atom is -0.459 e. The van der Waals surface area contributed by atoms with Gasteiger partial charge in [-0.25, -0.2) is 0 Å². The highest BCUT2D eigenvalue weighted by Gasteiger charge is 2.21. The Morgan fingerprint density at radius 1 is 1.62 bits per heavy atom. The van der Waals surface area contributed by atoms with Gasteiger partial charge in [-0.1, -0.05) is 0 Å². The van der Waals surface area contributed by atoms with Crippen LogP contribution in [0.1, 0.15) is 17.5 Å². The zero-order chi connectivity index (χ0) is 9.84. The Morgan fingerprint density at radius 2 is 2.31 bits per heavy atom. The average Bonchev–Trinajstić information content (AvgIpc) is 2.56. The lowest BCUT2D eigenvalue weighted by atomic mass is 10.4. The van der Waals surface area contributed by atoms with Crippen LogP contribution < -0.4 is 0 Å². The predicted molar refractivity (Wildman–Crippen MR) is 46.7 cm³/mol. The molecule has 0 aliphatic heterocycles.